The molecule has 29 heavy (non-hydrogen) atoms. The van der Waals surface area contributed by atoms with Crippen LogP contribution >= 0.6 is 0 Å². The van der Waals surface area contributed by atoms with Gasteiger partial charge in [0.2, 0.25) is 5.91 Å². The van der Waals surface area contributed by atoms with Gasteiger partial charge in [-0.1, -0.05) is 6.07 Å². The molecule has 2 aromatic carbocycles. The van der Waals surface area contributed by atoms with E-state index in [4.69, 9.17) is 9.47 Å². The second-order valence-electron chi connectivity index (χ2n) is 6.79. The van der Waals surface area contributed by atoms with Crippen LogP contribution in [0.15, 0.2) is 53.5 Å². The van der Waals surface area contributed by atoms with E-state index in [1.807, 2.05) is 0 Å². The molecule has 1 atom stereocenters. The van der Waals surface area contributed by atoms with Crippen molar-refractivity contribution in [3.63, 3.8) is 0 Å². The van der Waals surface area contributed by atoms with Crippen molar-refractivity contribution in [3.8, 4) is 11.5 Å². The van der Waals surface area contributed by atoms with Crippen LogP contribution in [0.4, 0.5) is 5.69 Å². The number of amides is 1. The lowest BCUT2D eigenvalue weighted by atomic mass is 10.1. The lowest BCUT2D eigenvalue weighted by molar-refractivity contribution is -0.115. The SMILES string of the molecule is COc1ccc(OC)c(CC(=O)Nc2cccc3c(=O)n(CC(C)O)ccc23)c1. The normalized spacial score (nSPS) is 11.9. The number of carbonyl (C=O) groups is 1. The van der Waals surface area contributed by atoms with Crippen LogP contribution in [0, 0.1) is 0 Å². The first-order valence-corrected chi connectivity index (χ1v) is 9.24. The van der Waals surface area contributed by atoms with Crippen LogP contribution in [-0.2, 0) is 17.8 Å². The van der Waals surface area contributed by atoms with E-state index >= 15 is 0 Å². The number of aliphatic hydroxyl groups is 1. The largest absolute Gasteiger partial charge is 0.497 e. The van der Waals surface area contributed by atoms with Gasteiger partial charge in [0.1, 0.15) is 11.5 Å². The average molecular weight is 396 g/mol. The number of methoxy groups -OCH3 is 2. The summed E-state index contributed by atoms with van der Waals surface area (Å²) in [5.41, 5.74) is 1.04. The molecular formula is C22H24N2O5. The van der Waals surface area contributed by atoms with Gasteiger partial charge in [0.05, 0.1) is 33.3 Å². The number of hydrogen-bond donors (Lipinski definition) is 2. The second-order valence-corrected chi connectivity index (χ2v) is 6.79. The molecule has 0 saturated heterocycles. The van der Waals surface area contributed by atoms with Crippen molar-refractivity contribution in [2.24, 2.45) is 0 Å². The van der Waals surface area contributed by atoms with E-state index in [1.54, 1.807) is 69.8 Å². The quantitative estimate of drug-likeness (QED) is 0.641. The Labute approximate surface area is 168 Å². The number of rotatable bonds is 7. The summed E-state index contributed by atoms with van der Waals surface area (Å²) >= 11 is 0. The molecule has 1 unspecified atom stereocenters. The number of benzene rings is 2. The van der Waals surface area contributed by atoms with Crippen LogP contribution in [0.5, 0.6) is 11.5 Å². The molecule has 152 valence electrons. The maximum Gasteiger partial charge on any atom is 0.258 e. The Morgan fingerprint density at radius 2 is 1.93 bits per heavy atom. The van der Waals surface area contributed by atoms with E-state index in [-0.39, 0.29) is 24.4 Å². The Kier molecular flexibility index (Phi) is 6.19. The fourth-order valence-corrected chi connectivity index (χ4v) is 3.24. The molecule has 1 aromatic heterocycles. The minimum atomic E-state index is -0.633. The van der Waals surface area contributed by atoms with Gasteiger partial charge in [-0.3, -0.25) is 9.59 Å². The van der Waals surface area contributed by atoms with Crippen LogP contribution in [0.25, 0.3) is 10.8 Å². The first-order chi connectivity index (χ1) is 13.9. The molecule has 0 fully saturated rings. The first-order valence-electron chi connectivity index (χ1n) is 9.24. The van der Waals surface area contributed by atoms with Gasteiger partial charge in [-0.25, -0.2) is 0 Å². The molecule has 1 heterocycles. The number of fused-ring (bicyclic) bond motifs is 1. The molecule has 0 aliphatic heterocycles. The minimum Gasteiger partial charge on any atom is -0.497 e. The van der Waals surface area contributed by atoms with Crippen molar-refractivity contribution in [2.45, 2.75) is 26.0 Å². The van der Waals surface area contributed by atoms with Gasteiger partial charge in [0, 0.05) is 28.2 Å². The fraction of sp³-hybridized carbons (Fsp3) is 0.273. The summed E-state index contributed by atoms with van der Waals surface area (Å²) in [4.78, 5) is 25.3. The van der Waals surface area contributed by atoms with E-state index in [0.29, 0.717) is 33.5 Å². The standard InChI is InChI=1S/C22H24N2O5/c1-14(25)13-24-10-9-17-18(22(24)27)5-4-6-19(17)23-21(26)12-15-11-16(28-2)7-8-20(15)29-3/h4-11,14,25H,12-13H2,1-3H3,(H,23,26). The lowest BCUT2D eigenvalue weighted by Crippen LogP contribution is -2.25. The van der Waals surface area contributed by atoms with Gasteiger partial charge in [-0.05, 0) is 43.3 Å². The van der Waals surface area contributed by atoms with E-state index in [0.717, 1.165) is 0 Å². The van der Waals surface area contributed by atoms with Crippen molar-refractivity contribution < 1.29 is 19.4 Å². The van der Waals surface area contributed by atoms with Crippen LogP contribution in [-0.4, -0.2) is 35.9 Å². The van der Waals surface area contributed by atoms with Gasteiger partial charge in [-0.2, -0.15) is 0 Å². The molecule has 0 spiro atoms. The van der Waals surface area contributed by atoms with Crippen molar-refractivity contribution in [2.75, 3.05) is 19.5 Å². The predicted molar refractivity (Wildman–Crippen MR) is 112 cm³/mol. The Morgan fingerprint density at radius 3 is 2.62 bits per heavy atom. The number of pyridine rings is 1. The summed E-state index contributed by atoms with van der Waals surface area (Å²) in [6.45, 7) is 1.83. The number of anilines is 1. The molecule has 0 bridgehead atoms. The van der Waals surface area contributed by atoms with Crippen molar-refractivity contribution >= 4 is 22.4 Å². The summed E-state index contributed by atoms with van der Waals surface area (Å²) in [5, 5.41) is 13.6. The van der Waals surface area contributed by atoms with E-state index in [1.165, 1.54) is 4.57 Å². The predicted octanol–water partition coefficient (Wildman–Crippen LogP) is 2.58. The third-order valence-electron chi connectivity index (χ3n) is 4.59. The third kappa shape index (κ3) is 4.57. The highest BCUT2D eigenvalue weighted by Crippen LogP contribution is 2.26. The highest BCUT2D eigenvalue weighted by Gasteiger charge is 2.13. The molecule has 2 N–H and O–H groups in total. The molecule has 0 aliphatic rings. The van der Waals surface area contributed by atoms with Gasteiger partial charge in [-0.15, -0.1) is 0 Å². The number of aliphatic hydroxyl groups excluding tert-OH is 1. The number of nitrogens with zero attached hydrogens (tertiary/aromatic N) is 1. The van der Waals surface area contributed by atoms with Crippen molar-refractivity contribution in [1.29, 1.82) is 0 Å². The molecule has 3 aromatic rings. The van der Waals surface area contributed by atoms with Crippen LogP contribution in [0.3, 0.4) is 0 Å². The minimum absolute atomic E-state index is 0.0931. The summed E-state index contributed by atoms with van der Waals surface area (Å²) in [5.74, 6) is 0.995. The second kappa shape index (κ2) is 8.79. The fourth-order valence-electron chi connectivity index (χ4n) is 3.24. The number of carbonyl (C=O) groups excluding carboxylic acids is 1. The Morgan fingerprint density at radius 1 is 1.14 bits per heavy atom. The highest BCUT2D eigenvalue weighted by atomic mass is 16.5. The summed E-state index contributed by atoms with van der Waals surface area (Å²) < 4.78 is 12.0. The molecular weight excluding hydrogens is 372 g/mol. The van der Waals surface area contributed by atoms with Crippen LogP contribution in [0.2, 0.25) is 0 Å². The van der Waals surface area contributed by atoms with Gasteiger partial charge in [0.25, 0.3) is 5.56 Å². The highest BCUT2D eigenvalue weighted by molar-refractivity contribution is 6.02. The van der Waals surface area contributed by atoms with Crippen LogP contribution < -0.4 is 20.3 Å². The number of aromatic nitrogens is 1. The first kappa shape index (κ1) is 20.4. The zero-order valence-electron chi connectivity index (χ0n) is 16.6. The summed E-state index contributed by atoms with van der Waals surface area (Å²) in [7, 11) is 3.11. The number of hydrogen-bond acceptors (Lipinski definition) is 5. The van der Waals surface area contributed by atoms with Crippen LogP contribution in [0.1, 0.15) is 12.5 Å². The monoisotopic (exact) mass is 396 g/mol. The molecule has 1 amide bonds. The van der Waals surface area contributed by atoms with Crippen molar-refractivity contribution in [3.05, 3.63) is 64.6 Å². The molecule has 7 heteroatoms. The van der Waals surface area contributed by atoms with E-state index in [9.17, 15) is 14.7 Å². The maximum absolute atomic E-state index is 12.7. The molecule has 7 nitrogen and oxygen atoms in total. The Hall–Kier alpha value is -3.32. The van der Waals surface area contributed by atoms with E-state index < -0.39 is 6.10 Å². The van der Waals surface area contributed by atoms with E-state index in [2.05, 4.69) is 5.32 Å². The Balaban J connectivity index is 1.88. The lowest BCUT2D eigenvalue weighted by Gasteiger charge is -2.13. The number of ether oxygens (including phenoxy) is 2. The van der Waals surface area contributed by atoms with Gasteiger partial charge < -0.3 is 24.5 Å². The zero-order chi connectivity index (χ0) is 21.0. The topological polar surface area (TPSA) is 89.8 Å². The maximum atomic E-state index is 12.7. The summed E-state index contributed by atoms with van der Waals surface area (Å²) in [6.07, 6.45) is 1.08. The third-order valence-corrected chi connectivity index (χ3v) is 4.59. The van der Waals surface area contributed by atoms with Crippen molar-refractivity contribution in [1.82, 2.24) is 4.57 Å². The zero-order valence-corrected chi connectivity index (χ0v) is 16.6. The smallest absolute Gasteiger partial charge is 0.258 e. The molecule has 0 aliphatic carbocycles. The Bertz CT molecular complexity index is 1090. The summed E-state index contributed by atoms with van der Waals surface area (Å²) in [6, 6.07) is 12.2. The molecule has 3 rings (SSSR count). The van der Waals surface area contributed by atoms with Gasteiger partial charge >= 0.3 is 0 Å². The number of nitrogens with one attached hydrogen (secondary N) is 1. The average Bonchev–Trinajstić information content (AvgIpc) is 2.70. The molecule has 0 radical (unpaired) electrons. The van der Waals surface area contributed by atoms with Gasteiger partial charge in [0.15, 0.2) is 0 Å². The molecule has 0 saturated carbocycles.